The normalized spacial score (nSPS) is 19.5. The predicted molar refractivity (Wildman–Crippen MR) is 164 cm³/mol. The maximum absolute atomic E-state index is 15.0. The smallest absolute Gasteiger partial charge is 0.299 e. The lowest BCUT2D eigenvalue weighted by molar-refractivity contribution is -0.152. The fourth-order valence-corrected chi connectivity index (χ4v) is 7.21. The molecule has 13 heteroatoms. The van der Waals surface area contributed by atoms with Crippen LogP contribution < -0.4 is 10.6 Å². The first-order chi connectivity index (χ1) is 22.1. The van der Waals surface area contributed by atoms with Gasteiger partial charge in [0.15, 0.2) is 5.79 Å². The van der Waals surface area contributed by atoms with Gasteiger partial charge in [0.2, 0.25) is 11.8 Å². The van der Waals surface area contributed by atoms with Crippen molar-refractivity contribution in [2.24, 2.45) is 0 Å². The van der Waals surface area contributed by atoms with Crippen LogP contribution in [-0.2, 0) is 25.0 Å². The van der Waals surface area contributed by atoms with Crippen LogP contribution in [0.2, 0.25) is 0 Å². The predicted octanol–water partition coefficient (Wildman–Crippen LogP) is 4.28. The molecule has 2 fully saturated rings. The number of nitrogens with one attached hydrogen (secondary N) is 2. The van der Waals surface area contributed by atoms with Crippen LogP contribution in [0.5, 0.6) is 0 Å². The van der Waals surface area contributed by atoms with Gasteiger partial charge >= 0.3 is 0 Å². The van der Waals surface area contributed by atoms with Crippen LogP contribution in [0.4, 0.5) is 8.78 Å². The Hall–Kier alpha value is -4.59. The van der Waals surface area contributed by atoms with Gasteiger partial charge in [-0.2, -0.15) is 8.78 Å². The molecule has 0 radical (unpaired) electrons. The summed E-state index contributed by atoms with van der Waals surface area (Å²) in [6, 6.07) is 10.9. The molecule has 1 spiro atoms. The van der Waals surface area contributed by atoms with Gasteiger partial charge in [0.05, 0.1) is 32.3 Å². The van der Waals surface area contributed by atoms with E-state index in [1.54, 1.807) is 30.6 Å². The molecular formula is C33H29F2N5O5S. The highest BCUT2D eigenvalue weighted by Crippen LogP contribution is 2.51. The molecule has 3 amide bonds. The van der Waals surface area contributed by atoms with Crippen molar-refractivity contribution in [3.63, 3.8) is 0 Å². The van der Waals surface area contributed by atoms with E-state index in [0.717, 1.165) is 16.0 Å². The molecule has 7 rings (SSSR count). The minimum Gasteiger partial charge on any atom is -0.347 e. The summed E-state index contributed by atoms with van der Waals surface area (Å²) in [5, 5.41) is 7.57. The highest BCUT2D eigenvalue weighted by atomic mass is 32.1. The summed E-state index contributed by atoms with van der Waals surface area (Å²) in [5.74, 6) is -5.74. The SMILES string of the molecule is CC(NC(=O)[C@@H]1CC2(CN1C(=O)CNC(=O)c1ccc3c(c1)-c1ccccc1C3(F)F)OCCO2)c1cc(-c2cncnc2)cs1. The molecule has 2 aromatic heterocycles. The van der Waals surface area contributed by atoms with Gasteiger partial charge in [-0.3, -0.25) is 14.4 Å². The number of likely N-dealkylation sites (tertiary alicyclic amines) is 1. The van der Waals surface area contributed by atoms with Gasteiger partial charge < -0.3 is 25.0 Å². The number of aromatic nitrogens is 2. The van der Waals surface area contributed by atoms with Gasteiger partial charge in [-0.1, -0.05) is 30.3 Å². The molecule has 236 valence electrons. The molecule has 1 unspecified atom stereocenters. The van der Waals surface area contributed by atoms with E-state index < -0.39 is 36.1 Å². The van der Waals surface area contributed by atoms with Crippen LogP contribution in [0.15, 0.2) is 72.6 Å². The number of benzene rings is 2. The second-order valence-corrected chi connectivity index (χ2v) is 12.5. The third-order valence-electron chi connectivity index (χ3n) is 8.60. The van der Waals surface area contributed by atoms with Crippen molar-refractivity contribution in [1.29, 1.82) is 0 Å². The van der Waals surface area contributed by atoms with E-state index in [1.165, 1.54) is 46.8 Å². The second-order valence-electron chi connectivity index (χ2n) is 11.5. The summed E-state index contributed by atoms with van der Waals surface area (Å²) in [6.45, 7) is 2.15. The lowest BCUT2D eigenvalue weighted by Gasteiger charge is -2.25. The maximum atomic E-state index is 15.0. The summed E-state index contributed by atoms with van der Waals surface area (Å²) >= 11 is 1.49. The van der Waals surface area contributed by atoms with E-state index in [4.69, 9.17) is 9.47 Å². The van der Waals surface area contributed by atoms with Crippen molar-refractivity contribution in [2.75, 3.05) is 26.3 Å². The fraction of sp³-hybridized carbons (Fsp3) is 0.303. The maximum Gasteiger partial charge on any atom is 0.299 e. The van der Waals surface area contributed by atoms with Crippen molar-refractivity contribution in [3.8, 4) is 22.3 Å². The largest absolute Gasteiger partial charge is 0.347 e. The number of alkyl halides is 2. The number of carbonyl (C=O) groups is 3. The van der Waals surface area contributed by atoms with Gasteiger partial charge in [-0.05, 0) is 47.2 Å². The number of nitrogens with zero attached hydrogens (tertiary/aromatic N) is 3. The van der Waals surface area contributed by atoms with Crippen molar-refractivity contribution >= 4 is 29.1 Å². The summed E-state index contributed by atoms with van der Waals surface area (Å²) < 4.78 is 41.6. The average Bonchev–Trinajstić information content (AvgIpc) is 3.87. The van der Waals surface area contributed by atoms with Gasteiger partial charge in [-0.25, -0.2) is 9.97 Å². The molecule has 0 saturated carbocycles. The molecular weight excluding hydrogens is 616 g/mol. The zero-order valence-corrected chi connectivity index (χ0v) is 25.5. The molecule has 10 nitrogen and oxygen atoms in total. The Morgan fingerprint density at radius 1 is 1.02 bits per heavy atom. The molecule has 46 heavy (non-hydrogen) atoms. The Morgan fingerprint density at radius 3 is 2.54 bits per heavy atom. The molecule has 2 aromatic carbocycles. The van der Waals surface area contributed by atoms with Crippen LogP contribution in [0.1, 0.15) is 45.7 Å². The van der Waals surface area contributed by atoms with Crippen molar-refractivity contribution in [1.82, 2.24) is 25.5 Å². The van der Waals surface area contributed by atoms with Crippen LogP contribution in [-0.4, -0.2) is 70.7 Å². The topological polar surface area (TPSA) is 123 Å². The van der Waals surface area contributed by atoms with Crippen LogP contribution in [0.25, 0.3) is 22.3 Å². The number of fused-ring (bicyclic) bond motifs is 3. The average molecular weight is 646 g/mol. The number of amides is 3. The first-order valence-electron chi connectivity index (χ1n) is 14.8. The quantitative estimate of drug-likeness (QED) is 0.308. The number of carbonyl (C=O) groups excluding carboxylic acids is 3. The molecule has 4 aromatic rings. The Bertz CT molecular complexity index is 1830. The van der Waals surface area contributed by atoms with Crippen LogP contribution in [0, 0.1) is 0 Å². The third kappa shape index (κ3) is 5.33. The molecule has 2 atom stereocenters. The first-order valence-corrected chi connectivity index (χ1v) is 15.7. The molecule has 1 aliphatic carbocycles. The minimum atomic E-state index is -3.16. The molecule has 0 bridgehead atoms. The van der Waals surface area contributed by atoms with Crippen LogP contribution in [0.3, 0.4) is 0 Å². The fourth-order valence-electron chi connectivity index (χ4n) is 6.28. The summed E-state index contributed by atoms with van der Waals surface area (Å²) in [7, 11) is 0. The number of hydrogen-bond acceptors (Lipinski definition) is 8. The lowest BCUT2D eigenvalue weighted by atomic mass is 10.0. The van der Waals surface area contributed by atoms with E-state index in [2.05, 4.69) is 20.6 Å². The van der Waals surface area contributed by atoms with E-state index >= 15 is 0 Å². The van der Waals surface area contributed by atoms with Gasteiger partial charge in [0.25, 0.3) is 11.8 Å². The van der Waals surface area contributed by atoms with E-state index in [1.807, 2.05) is 18.4 Å². The van der Waals surface area contributed by atoms with E-state index in [-0.39, 0.29) is 47.2 Å². The van der Waals surface area contributed by atoms with Gasteiger partial charge in [0.1, 0.15) is 12.4 Å². The first kappa shape index (κ1) is 30.1. The minimum absolute atomic E-state index is 0.0238. The monoisotopic (exact) mass is 645 g/mol. The zero-order chi connectivity index (χ0) is 32.1. The van der Waals surface area contributed by atoms with Crippen molar-refractivity contribution in [2.45, 2.75) is 37.1 Å². The number of hydrogen-bond donors (Lipinski definition) is 2. The Labute approximate surface area is 266 Å². The lowest BCUT2D eigenvalue weighted by Crippen LogP contribution is -2.49. The van der Waals surface area contributed by atoms with Gasteiger partial charge in [0, 0.05) is 45.9 Å². The van der Waals surface area contributed by atoms with Crippen LogP contribution >= 0.6 is 11.3 Å². The molecule has 2 aliphatic heterocycles. The van der Waals surface area contributed by atoms with Crippen molar-refractivity contribution in [3.05, 3.63) is 94.2 Å². The number of ether oxygens (including phenoxy) is 2. The Kier molecular flexibility index (Phi) is 7.62. The van der Waals surface area contributed by atoms with E-state index in [0.29, 0.717) is 18.8 Å². The number of thiophene rings is 1. The highest BCUT2D eigenvalue weighted by Gasteiger charge is 2.52. The molecule has 2 saturated heterocycles. The third-order valence-corrected chi connectivity index (χ3v) is 9.72. The zero-order valence-electron chi connectivity index (χ0n) is 24.7. The van der Waals surface area contributed by atoms with Gasteiger partial charge in [-0.15, -0.1) is 11.3 Å². The Morgan fingerprint density at radius 2 is 1.76 bits per heavy atom. The molecule has 3 aliphatic rings. The standard InChI is InChI=1S/C33H29F2N5O5S/c1-19(28-11-21(16-46-28)22-13-36-18-37-14-22)39-31(43)27-12-32(44-8-9-45-32)17-40(27)29(41)15-38-30(42)20-6-7-26-24(10-20)23-4-2-3-5-25(23)33(26,34)35/h2-7,10-11,13-14,16,18-19,27H,8-9,12,15,17H2,1H3,(H,38,42)(H,39,43)/t19?,27-/m0/s1. The van der Waals surface area contributed by atoms with E-state index in [9.17, 15) is 23.2 Å². The van der Waals surface area contributed by atoms with Crippen molar-refractivity contribution < 1.29 is 32.6 Å². The number of rotatable bonds is 7. The number of halogens is 2. The summed E-state index contributed by atoms with van der Waals surface area (Å²) in [5.41, 5.74) is 2.29. The summed E-state index contributed by atoms with van der Waals surface area (Å²) in [4.78, 5) is 50.6. The Balaban J connectivity index is 1.03. The summed E-state index contributed by atoms with van der Waals surface area (Å²) in [6.07, 6.45) is 5.03. The molecule has 4 heterocycles. The molecule has 2 N–H and O–H groups in total. The highest BCUT2D eigenvalue weighted by molar-refractivity contribution is 7.10. The second kappa shape index (κ2) is 11.6.